The minimum absolute atomic E-state index is 0.0228. The van der Waals surface area contributed by atoms with E-state index in [1.807, 2.05) is 67.6 Å². The molecular formula is C31H31BrN2O3. The Balaban J connectivity index is 1.40. The molecule has 1 N–H and O–H groups in total. The Morgan fingerprint density at radius 2 is 1.62 bits per heavy atom. The molecule has 0 radical (unpaired) electrons. The third kappa shape index (κ3) is 6.20. The van der Waals surface area contributed by atoms with Crippen LogP contribution in [0, 0.1) is 0 Å². The van der Waals surface area contributed by atoms with Crippen LogP contribution in [0.2, 0.25) is 0 Å². The van der Waals surface area contributed by atoms with Gasteiger partial charge in [0.05, 0.1) is 10.2 Å². The molecule has 0 unspecified atom stereocenters. The van der Waals surface area contributed by atoms with E-state index < -0.39 is 0 Å². The average molecular weight is 560 g/mol. The molecule has 0 bridgehead atoms. The van der Waals surface area contributed by atoms with Crippen molar-refractivity contribution in [3.8, 4) is 5.75 Å². The Kier molecular flexibility index (Phi) is 7.98. The zero-order valence-corrected chi connectivity index (χ0v) is 23.1. The quantitative estimate of drug-likeness (QED) is 0.254. The topological polar surface area (TPSA) is 58.6 Å². The number of hydrogen-bond acceptors (Lipinski definition) is 3. The van der Waals surface area contributed by atoms with Gasteiger partial charge >= 0.3 is 0 Å². The van der Waals surface area contributed by atoms with E-state index in [4.69, 9.17) is 4.74 Å². The predicted molar refractivity (Wildman–Crippen MR) is 155 cm³/mol. The SMILES string of the molecule is CCN(C(=O)c1ccc(NC(=O)COc2ccc(C(C)(C)C)cc2Br)cc1)c1cccc2ccccc12. The number of nitrogens with one attached hydrogen (secondary N) is 1. The highest BCUT2D eigenvalue weighted by atomic mass is 79.9. The summed E-state index contributed by atoms with van der Waals surface area (Å²) in [6, 6.07) is 26.8. The summed E-state index contributed by atoms with van der Waals surface area (Å²) in [6.45, 7) is 8.80. The Hall–Kier alpha value is -3.64. The maximum atomic E-state index is 13.3. The average Bonchev–Trinajstić information content (AvgIpc) is 2.88. The summed E-state index contributed by atoms with van der Waals surface area (Å²) in [5.41, 5.74) is 3.22. The molecule has 37 heavy (non-hydrogen) atoms. The largest absolute Gasteiger partial charge is 0.483 e. The van der Waals surface area contributed by atoms with Crippen molar-refractivity contribution in [2.75, 3.05) is 23.4 Å². The summed E-state index contributed by atoms with van der Waals surface area (Å²) >= 11 is 3.53. The lowest BCUT2D eigenvalue weighted by molar-refractivity contribution is -0.118. The van der Waals surface area contributed by atoms with E-state index >= 15 is 0 Å². The fourth-order valence-corrected chi connectivity index (χ4v) is 4.64. The van der Waals surface area contributed by atoms with Crippen LogP contribution in [-0.2, 0) is 10.2 Å². The van der Waals surface area contributed by atoms with Gasteiger partial charge in [-0.05, 0) is 81.7 Å². The number of carbonyl (C=O) groups is 2. The van der Waals surface area contributed by atoms with Crippen LogP contribution in [0.15, 0.2) is 89.4 Å². The Bertz CT molecular complexity index is 1420. The van der Waals surface area contributed by atoms with Crippen molar-refractivity contribution in [3.05, 3.63) is 101 Å². The van der Waals surface area contributed by atoms with E-state index in [1.165, 1.54) is 5.56 Å². The lowest BCUT2D eigenvalue weighted by Crippen LogP contribution is -2.30. The van der Waals surface area contributed by atoms with Crippen LogP contribution in [0.1, 0.15) is 43.6 Å². The number of rotatable bonds is 7. The van der Waals surface area contributed by atoms with Crippen molar-refractivity contribution in [1.29, 1.82) is 0 Å². The molecule has 0 aliphatic rings. The van der Waals surface area contributed by atoms with Crippen LogP contribution < -0.4 is 15.0 Å². The van der Waals surface area contributed by atoms with Gasteiger partial charge in [-0.2, -0.15) is 0 Å². The molecule has 0 fully saturated rings. The standard InChI is InChI=1S/C31H31BrN2O3/c1-5-34(27-12-8-10-21-9-6-7-11-25(21)27)30(36)22-13-16-24(17-14-22)33-29(35)20-37-28-18-15-23(19-26(28)32)31(2,3)4/h6-19H,5,20H2,1-4H3,(H,33,35). The first-order chi connectivity index (χ1) is 17.7. The smallest absolute Gasteiger partial charge is 0.262 e. The Morgan fingerprint density at radius 3 is 2.30 bits per heavy atom. The number of amides is 2. The van der Waals surface area contributed by atoms with Gasteiger partial charge in [-0.3, -0.25) is 9.59 Å². The lowest BCUT2D eigenvalue weighted by atomic mass is 9.87. The van der Waals surface area contributed by atoms with Crippen molar-refractivity contribution in [2.45, 2.75) is 33.1 Å². The van der Waals surface area contributed by atoms with Gasteiger partial charge < -0.3 is 15.0 Å². The summed E-state index contributed by atoms with van der Waals surface area (Å²) < 4.78 is 6.52. The Labute approximate surface area is 226 Å². The number of ether oxygens (including phenoxy) is 1. The summed E-state index contributed by atoms with van der Waals surface area (Å²) in [5.74, 6) is 0.234. The molecule has 0 aliphatic heterocycles. The van der Waals surface area contributed by atoms with Crippen LogP contribution in [0.25, 0.3) is 10.8 Å². The minimum atomic E-state index is -0.281. The van der Waals surface area contributed by atoms with E-state index in [9.17, 15) is 9.59 Å². The maximum Gasteiger partial charge on any atom is 0.262 e. The van der Waals surface area contributed by atoms with Gasteiger partial charge in [-0.25, -0.2) is 0 Å². The van der Waals surface area contributed by atoms with E-state index in [0.717, 1.165) is 20.9 Å². The number of nitrogens with zero attached hydrogens (tertiary/aromatic N) is 1. The van der Waals surface area contributed by atoms with E-state index in [0.29, 0.717) is 23.5 Å². The highest BCUT2D eigenvalue weighted by molar-refractivity contribution is 9.10. The Morgan fingerprint density at radius 1 is 0.919 bits per heavy atom. The molecule has 0 saturated carbocycles. The van der Waals surface area contributed by atoms with Crippen LogP contribution in [0.5, 0.6) is 5.75 Å². The maximum absolute atomic E-state index is 13.3. The normalized spacial score (nSPS) is 11.3. The summed E-state index contributed by atoms with van der Waals surface area (Å²) in [4.78, 5) is 27.6. The van der Waals surface area contributed by atoms with Gasteiger partial charge in [0.1, 0.15) is 5.75 Å². The van der Waals surface area contributed by atoms with Gasteiger partial charge in [-0.15, -0.1) is 0 Å². The van der Waals surface area contributed by atoms with Gasteiger partial charge in [-0.1, -0.05) is 63.2 Å². The summed E-state index contributed by atoms with van der Waals surface area (Å²) in [7, 11) is 0. The van der Waals surface area contributed by atoms with Gasteiger partial charge in [0, 0.05) is 23.2 Å². The predicted octanol–water partition coefficient (Wildman–Crippen LogP) is 7.58. The monoisotopic (exact) mass is 558 g/mol. The lowest BCUT2D eigenvalue weighted by Gasteiger charge is -2.23. The zero-order valence-electron chi connectivity index (χ0n) is 21.5. The highest BCUT2D eigenvalue weighted by Crippen LogP contribution is 2.32. The molecule has 6 heteroatoms. The zero-order chi connectivity index (χ0) is 26.6. The highest BCUT2D eigenvalue weighted by Gasteiger charge is 2.19. The second-order valence-corrected chi connectivity index (χ2v) is 10.7. The number of hydrogen-bond donors (Lipinski definition) is 1. The van der Waals surface area contributed by atoms with Crippen molar-refractivity contribution in [3.63, 3.8) is 0 Å². The summed E-state index contributed by atoms with van der Waals surface area (Å²) in [6.07, 6.45) is 0. The molecule has 0 aliphatic carbocycles. The molecule has 190 valence electrons. The number of benzene rings is 4. The number of anilines is 2. The number of fused-ring (bicyclic) bond motifs is 1. The van der Waals surface area contributed by atoms with Crippen molar-refractivity contribution in [2.24, 2.45) is 0 Å². The van der Waals surface area contributed by atoms with Crippen LogP contribution in [0.3, 0.4) is 0 Å². The van der Waals surface area contributed by atoms with Gasteiger partial charge in [0.2, 0.25) is 0 Å². The molecule has 0 spiro atoms. The molecule has 4 rings (SSSR count). The van der Waals surface area contributed by atoms with E-state index in [-0.39, 0.29) is 23.8 Å². The van der Waals surface area contributed by atoms with Crippen molar-refractivity contribution < 1.29 is 14.3 Å². The first kappa shape index (κ1) is 26.4. The molecule has 4 aromatic rings. The molecule has 4 aromatic carbocycles. The third-order valence-corrected chi connectivity index (χ3v) is 6.81. The summed E-state index contributed by atoms with van der Waals surface area (Å²) in [5, 5.41) is 4.95. The fraction of sp³-hybridized carbons (Fsp3) is 0.226. The molecule has 0 saturated heterocycles. The van der Waals surface area contributed by atoms with Crippen molar-refractivity contribution >= 4 is 49.9 Å². The van der Waals surface area contributed by atoms with Crippen LogP contribution >= 0.6 is 15.9 Å². The molecule has 0 heterocycles. The molecule has 0 aromatic heterocycles. The van der Waals surface area contributed by atoms with Crippen molar-refractivity contribution in [1.82, 2.24) is 0 Å². The van der Waals surface area contributed by atoms with Crippen LogP contribution in [0.4, 0.5) is 11.4 Å². The molecule has 5 nitrogen and oxygen atoms in total. The van der Waals surface area contributed by atoms with E-state index in [2.05, 4.69) is 42.0 Å². The number of carbonyl (C=O) groups excluding carboxylic acids is 2. The third-order valence-electron chi connectivity index (χ3n) is 6.19. The first-order valence-corrected chi connectivity index (χ1v) is 13.1. The second-order valence-electron chi connectivity index (χ2n) is 9.86. The van der Waals surface area contributed by atoms with Crippen LogP contribution in [-0.4, -0.2) is 25.0 Å². The minimum Gasteiger partial charge on any atom is -0.483 e. The van der Waals surface area contributed by atoms with Gasteiger partial charge in [0.15, 0.2) is 6.61 Å². The number of halogens is 1. The molecule has 2 amide bonds. The fourth-order valence-electron chi connectivity index (χ4n) is 4.14. The molecular weight excluding hydrogens is 528 g/mol. The molecule has 0 atom stereocenters. The van der Waals surface area contributed by atoms with Gasteiger partial charge in [0.25, 0.3) is 11.8 Å². The van der Waals surface area contributed by atoms with E-state index in [1.54, 1.807) is 29.2 Å². The second kappa shape index (κ2) is 11.2. The first-order valence-electron chi connectivity index (χ1n) is 12.3.